The van der Waals surface area contributed by atoms with Crippen molar-refractivity contribution >= 4 is 28.3 Å². The zero-order chi connectivity index (χ0) is 11.3. The van der Waals surface area contributed by atoms with E-state index in [-0.39, 0.29) is 18.4 Å². The van der Waals surface area contributed by atoms with Crippen molar-refractivity contribution in [3.05, 3.63) is 34.3 Å². The van der Waals surface area contributed by atoms with E-state index in [0.717, 1.165) is 24.0 Å². The highest BCUT2D eigenvalue weighted by Crippen LogP contribution is 2.10. The Labute approximate surface area is 113 Å². The molecule has 0 aromatic heterocycles. The summed E-state index contributed by atoms with van der Waals surface area (Å²) in [6.07, 6.45) is 1.08. The van der Waals surface area contributed by atoms with Crippen LogP contribution in [0.1, 0.15) is 12.5 Å². The Morgan fingerprint density at radius 3 is 2.38 bits per heavy atom. The zero-order valence-electron chi connectivity index (χ0n) is 9.82. The molecule has 0 aliphatic rings. The van der Waals surface area contributed by atoms with Gasteiger partial charge in [0, 0.05) is 23.6 Å². The third-order valence-electron chi connectivity index (χ3n) is 2.30. The van der Waals surface area contributed by atoms with Crippen LogP contribution in [0.2, 0.25) is 0 Å². The molecule has 0 amide bonds. The topological polar surface area (TPSA) is 29.3 Å². The fourth-order valence-corrected chi connectivity index (χ4v) is 1.82. The van der Waals surface area contributed by atoms with Crippen LogP contribution in [0, 0.1) is 0 Å². The first-order valence-electron chi connectivity index (χ1n) is 5.26. The van der Waals surface area contributed by atoms with Crippen molar-refractivity contribution in [1.29, 1.82) is 0 Å². The van der Waals surface area contributed by atoms with Crippen LogP contribution in [0.5, 0.6) is 0 Å². The highest BCUT2D eigenvalue weighted by molar-refractivity contribution is 9.10. The largest absolute Gasteiger partial charge is 0.327 e. The summed E-state index contributed by atoms with van der Waals surface area (Å²) >= 11 is 3.43. The maximum absolute atomic E-state index is 5.73. The maximum atomic E-state index is 5.73. The standard InChI is InChI=1S/C12H19BrN2.ClH/c1-10(14)9-15(2)8-7-11-3-5-12(13)6-4-11;/h3-6,10H,7-9,14H2,1-2H3;1H. The summed E-state index contributed by atoms with van der Waals surface area (Å²) in [7, 11) is 2.11. The van der Waals surface area contributed by atoms with E-state index in [0.29, 0.717) is 0 Å². The summed E-state index contributed by atoms with van der Waals surface area (Å²) in [4.78, 5) is 2.27. The van der Waals surface area contributed by atoms with Crippen molar-refractivity contribution < 1.29 is 0 Å². The minimum absolute atomic E-state index is 0. The Bertz CT molecular complexity index is 288. The highest BCUT2D eigenvalue weighted by Gasteiger charge is 2.01. The molecule has 1 unspecified atom stereocenters. The Morgan fingerprint density at radius 2 is 1.88 bits per heavy atom. The number of hydrogen-bond acceptors (Lipinski definition) is 2. The van der Waals surface area contributed by atoms with Crippen LogP contribution >= 0.6 is 28.3 Å². The second-order valence-electron chi connectivity index (χ2n) is 4.12. The Balaban J connectivity index is 0.00000225. The lowest BCUT2D eigenvalue weighted by Gasteiger charge is -2.18. The van der Waals surface area contributed by atoms with Crippen LogP contribution in [0.3, 0.4) is 0 Å². The van der Waals surface area contributed by atoms with Crippen molar-refractivity contribution in [1.82, 2.24) is 4.90 Å². The number of likely N-dealkylation sites (N-methyl/N-ethyl adjacent to an activating group) is 1. The summed E-state index contributed by atoms with van der Waals surface area (Å²) in [5.41, 5.74) is 7.10. The first-order chi connectivity index (χ1) is 7.08. The molecule has 16 heavy (non-hydrogen) atoms. The molecular formula is C12H20BrClN2. The van der Waals surface area contributed by atoms with E-state index in [4.69, 9.17) is 5.73 Å². The van der Waals surface area contributed by atoms with Crippen LogP contribution < -0.4 is 5.73 Å². The number of rotatable bonds is 5. The first-order valence-corrected chi connectivity index (χ1v) is 6.06. The van der Waals surface area contributed by atoms with Gasteiger partial charge in [-0.2, -0.15) is 0 Å². The summed E-state index contributed by atoms with van der Waals surface area (Å²) in [5, 5.41) is 0. The lowest BCUT2D eigenvalue weighted by Crippen LogP contribution is -2.34. The number of nitrogens with zero attached hydrogens (tertiary/aromatic N) is 1. The molecule has 2 N–H and O–H groups in total. The van der Waals surface area contributed by atoms with Gasteiger partial charge in [0.1, 0.15) is 0 Å². The molecule has 0 bridgehead atoms. The van der Waals surface area contributed by atoms with Crippen molar-refractivity contribution in [2.45, 2.75) is 19.4 Å². The quantitative estimate of drug-likeness (QED) is 0.906. The van der Waals surface area contributed by atoms with Gasteiger partial charge in [0.2, 0.25) is 0 Å². The van der Waals surface area contributed by atoms with E-state index < -0.39 is 0 Å². The molecule has 0 aliphatic heterocycles. The molecule has 0 aliphatic carbocycles. The van der Waals surface area contributed by atoms with E-state index >= 15 is 0 Å². The highest BCUT2D eigenvalue weighted by atomic mass is 79.9. The van der Waals surface area contributed by atoms with Crippen LogP contribution in [0.15, 0.2) is 28.7 Å². The normalized spacial score (nSPS) is 12.3. The predicted molar refractivity (Wildman–Crippen MR) is 76.2 cm³/mol. The van der Waals surface area contributed by atoms with E-state index in [2.05, 4.69) is 52.1 Å². The summed E-state index contributed by atoms with van der Waals surface area (Å²) < 4.78 is 1.13. The SMILES string of the molecule is CC(N)CN(C)CCc1ccc(Br)cc1.Cl. The number of nitrogens with two attached hydrogens (primary N) is 1. The second kappa shape index (κ2) is 8.07. The zero-order valence-corrected chi connectivity index (χ0v) is 12.2. The van der Waals surface area contributed by atoms with Crippen LogP contribution in [-0.4, -0.2) is 31.1 Å². The summed E-state index contributed by atoms with van der Waals surface area (Å²) in [5.74, 6) is 0. The number of hydrogen-bond donors (Lipinski definition) is 1. The lowest BCUT2D eigenvalue weighted by atomic mass is 10.1. The Kier molecular flexibility index (Phi) is 8.02. The van der Waals surface area contributed by atoms with Gasteiger partial charge in [-0.25, -0.2) is 0 Å². The van der Waals surface area contributed by atoms with Gasteiger partial charge in [0.25, 0.3) is 0 Å². The molecule has 92 valence electrons. The minimum Gasteiger partial charge on any atom is -0.327 e. The van der Waals surface area contributed by atoms with Gasteiger partial charge in [-0.1, -0.05) is 28.1 Å². The van der Waals surface area contributed by atoms with E-state index in [1.54, 1.807) is 0 Å². The third-order valence-corrected chi connectivity index (χ3v) is 2.82. The predicted octanol–water partition coefficient (Wildman–Crippen LogP) is 2.69. The van der Waals surface area contributed by atoms with Gasteiger partial charge in [0.05, 0.1) is 0 Å². The fraction of sp³-hybridized carbons (Fsp3) is 0.500. The molecular weight excluding hydrogens is 288 g/mol. The fourth-order valence-electron chi connectivity index (χ4n) is 1.55. The smallest absolute Gasteiger partial charge is 0.0175 e. The molecule has 0 radical (unpaired) electrons. The molecule has 0 spiro atoms. The molecule has 0 saturated carbocycles. The van der Waals surface area contributed by atoms with Gasteiger partial charge in [-0.05, 0) is 38.1 Å². The number of halogens is 2. The molecule has 0 fully saturated rings. The molecule has 0 saturated heterocycles. The summed E-state index contributed by atoms with van der Waals surface area (Å²) in [6.45, 7) is 4.05. The van der Waals surface area contributed by atoms with Gasteiger partial charge in [-0.15, -0.1) is 12.4 Å². The lowest BCUT2D eigenvalue weighted by molar-refractivity contribution is 0.321. The maximum Gasteiger partial charge on any atom is 0.0175 e. The van der Waals surface area contributed by atoms with Crippen LogP contribution in [-0.2, 0) is 6.42 Å². The monoisotopic (exact) mass is 306 g/mol. The average molecular weight is 308 g/mol. The van der Waals surface area contributed by atoms with Crippen molar-refractivity contribution in [2.75, 3.05) is 20.1 Å². The van der Waals surface area contributed by atoms with Crippen molar-refractivity contribution in [2.24, 2.45) is 5.73 Å². The molecule has 2 nitrogen and oxygen atoms in total. The van der Waals surface area contributed by atoms with Crippen molar-refractivity contribution in [3.8, 4) is 0 Å². The van der Waals surface area contributed by atoms with E-state index in [1.807, 2.05) is 6.92 Å². The third kappa shape index (κ3) is 6.48. The Morgan fingerprint density at radius 1 is 1.31 bits per heavy atom. The molecule has 4 heteroatoms. The van der Waals surface area contributed by atoms with Gasteiger partial charge in [-0.3, -0.25) is 0 Å². The van der Waals surface area contributed by atoms with Crippen LogP contribution in [0.25, 0.3) is 0 Å². The van der Waals surface area contributed by atoms with Gasteiger partial charge < -0.3 is 10.6 Å². The number of benzene rings is 1. The van der Waals surface area contributed by atoms with Crippen molar-refractivity contribution in [3.63, 3.8) is 0 Å². The molecule has 0 heterocycles. The Hall–Kier alpha value is -0.0900. The second-order valence-corrected chi connectivity index (χ2v) is 5.03. The first kappa shape index (κ1) is 15.9. The average Bonchev–Trinajstić information content (AvgIpc) is 2.16. The molecule has 1 aromatic carbocycles. The van der Waals surface area contributed by atoms with Gasteiger partial charge >= 0.3 is 0 Å². The summed E-state index contributed by atoms with van der Waals surface area (Å²) in [6, 6.07) is 8.73. The minimum atomic E-state index is 0. The molecule has 1 rings (SSSR count). The van der Waals surface area contributed by atoms with Crippen LogP contribution in [0.4, 0.5) is 0 Å². The van der Waals surface area contributed by atoms with Gasteiger partial charge in [0.15, 0.2) is 0 Å². The van der Waals surface area contributed by atoms with E-state index in [1.165, 1.54) is 5.56 Å². The molecule has 1 aromatic rings. The van der Waals surface area contributed by atoms with E-state index in [9.17, 15) is 0 Å². The molecule has 1 atom stereocenters.